The van der Waals surface area contributed by atoms with Gasteiger partial charge < -0.3 is 15.5 Å². The molecule has 2 aromatic carbocycles. The number of rotatable bonds is 8. The smallest absolute Gasteiger partial charge is 0.315 e. The summed E-state index contributed by atoms with van der Waals surface area (Å²) in [6.45, 7) is 8.50. The zero-order valence-corrected chi connectivity index (χ0v) is 23.8. The van der Waals surface area contributed by atoms with Crippen molar-refractivity contribution in [3.63, 3.8) is 0 Å². The predicted molar refractivity (Wildman–Crippen MR) is 151 cm³/mol. The maximum Gasteiger partial charge on any atom is 0.322 e. The lowest BCUT2D eigenvalue weighted by Gasteiger charge is -2.22. The summed E-state index contributed by atoms with van der Waals surface area (Å²) in [6, 6.07) is 13.9. The molecule has 3 aromatic rings. The van der Waals surface area contributed by atoms with E-state index in [-0.39, 0.29) is 23.9 Å². The number of amides is 3. The lowest BCUT2D eigenvalue weighted by Crippen LogP contribution is -2.41. The number of nitrogens with one attached hydrogen (secondary N) is 2. The van der Waals surface area contributed by atoms with Gasteiger partial charge >= 0.3 is 6.03 Å². The van der Waals surface area contributed by atoms with Crippen LogP contribution < -0.4 is 10.6 Å². The van der Waals surface area contributed by atoms with E-state index in [1.165, 1.54) is 4.90 Å². The average molecular weight is 595 g/mol. The number of unbranched alkanes of at least 4 members (excludes halogenated alkanes) is 1. The fourth-order valence-electron chi connectivity index (χ4n) is 3.34. The minimum Gasteiger partial charge on any atom is -0.315 e. The number of hydrogen-bond acceptors (Lipinski definition) is 3. The Kier molecular flexibility index (Phi) is 9.44. The molecule has 0 radical (unpaired) electrons. The van der Waals surface area contributed by atoms with E-state index in [0.717, 1.165) is 23.0 Å². The molecule has 192 valence electrons. The Morgan fingerprint density at radius 1 is 1.03 bits per heavy atom. The number of aromatic nitrogens is 2. The number of hydrogen-bond donors (Lipinski definition) is 2. The molecular weight excluding hydrogens is 565 g/mol. The quantitative estimate of drug-likeness (QED) is 0.283. The highest BCUT2D eigenvalue weighted by Crippen LogP contribution is 2.29. The predicted octanol–water partition coefficient (Wildman–Crippen LogP) is 7.51. The molecule has 0 bridgehead atoms. The first-order chi connectivity index (χ1) is 17.0. The Morgan fingerprint density at radius 3 is 2.33 bits per heavy atom. The Balaban J connectivity index is 1.82. The number of anilines is 2. The molecule has 0 aliphatic heterocycles. The molecule has 36 heavy (non-hydrogen) atoms. The van der Waals surface area contributed by atoms with Crippen LogP contribution in [0.15, 0.2) is 53.0 Å². The number of carbonyl (C=O) groups is 2. The number of halogens is 3. The van der Waals surface area contributed by atoms with Gasteiger partial charge in [0.1, 0.15) is 12.4 Å². The van der Waals surface area contributed by atoms with Gasteiger partial charge in [0.05, 0.1) is 21.4 Å². The van der Waals surface area contributed by atoms with Crippen molar-refractivity contribution in [2.45, 2.75) is 46.0 Å². The van der Waals surface area contributed by atoms with Gasteiger partial charge in [0.15, 0.2) is 0 Å². The molecule has 1 heterocycles. The average Bonchev–Trinajstić information content (AvgIpc) is 3.24. The highest BCUT2D eigenvalue weighted by atomic mass is 79.9. The van der Waals surface area contributed by atoms with Gasteiger partial charge in [0.25, 0.3) is 0 Å². The molecule has 3 amide bonds. The van der Waals surface area contributed by atoms with E-state index >= 15 is 0 Å². The molecule has 1 aromatic heterocycles. The van der Waals surface area contributed by atoms with Gasteiger partial charge in [0, 0.05) is 28.2 Å². The zero-order chi connectivity index (χ0) is 26.5. The molecule has 3 rings (SSSR count). The van der Waals surface area contributed by atoms with E-state index in [4.69, 9.17) is 28.3 Å². The monoisotopic (exact) mass is 593 g/mol. The molecule has 0 unspecified atom stereocenters. The summed E-state index contributed by atoms with van der Waals surface area (Å²) in [5.74, 6) is 0.144. The highest BCUT2D eigenvalue weighted by Gasteiger charge is 2.23. The van der Waals surface area contributed by atoms with Crippen molar-refractivity contribution >= 4 is 62.6 Å². The van der Waals surface area contributed by atoms with Crippen molar-refractivity contribution in [3.05, 3.63) is 68.7 Å². The molecule has 0 fully saturated rings. The Hall–Kier alpha value is -2.55. The molecule has 2 N–H and O–H groups in total. The maximum absolute atomic E-state index is 13.1. The van der Waals surface area contributed by atoms with Gasteiger partial charge in [-0.25, -0.2) is 9.48 Å². The number of benzene rings is 2. The van der Waals surface area contributed by atoms with Gasteiger partial charge in [-0.2, -0.15) is 5.10 Å². The van der Waals surface area contributed by atoms with Crippen LogP contribution in [0, 0.1) is 0 Å². The van der Waals surface area contributed by atoms with Gasteiger partial charge in [-0.05, 0) is 48.9 Å². The minimum absolute atomic E-state index is 0.111. The standard InChI is InChI=1S/C26H30BrCl2N5O2/c1-5-6-13-33(25(36)30-18-9-7-17(27)8-10-18)16-24(35)31-23-15-22(26(2,3)4)32-34(23)19-11-12-20(28)21(29)14-19/h7-12,14-15H,5-6,13,16H2,1-4H3,(H,30,36)(H,31,35). The summed E-state index contributed by atoms with van der Waals surface area (Å²) in [6.07, 6.45) is 1.67. The Morgan fingerprint density at radius 2 is 1.72 bits per heavy atom. The van der Waals surface area contributed by atoms with Crippen molar-refractivity contribution in [2.24, 2.45) is 0 Å². The highest BCUT2D eigenvalue weighted by molar-refractivity contribution is 9.10. The van der Waals surface area contributed by atoms with E-state index in [2.05, 4.69) is 26.6 Å². The van der Waals surface area contributed by atoms with Crippen LogP contribution in [0.3, 0.4) is 0 Å². The van der Waals surface area contributed by atoms with Gasteiger partial charge in [0.2, 0.25) is 5.91 Å². The topological polar surface area (TPSA) is 79.3 Å². The van der Waals surface area contributed by atoms with Crippen molar-refractivity contribution in [3.8, 4) is 5.69 Å². The third-order valence-electron chi connectivity index (χ3n) is 5.39. The van der Waals surface area contributed by atoms with E-state index in [0.29, 0.717) is 33.8 Å². The largest absolute Gasteiger partial charge is 0.322 e. The number of carbonyl (C=O) groups excluding carboxylic acids is 2. The first-order valence-corrected chi connectivity index (χ1v) is 13.2. The van der Waals surface area contributed by atoms with Crippen LogP contribution in [0.2, 0.25) is 10.0 Å². The van der Waals surface area contributed by atoms with E-state index < -0.39 is 0 Å². The number of nitrogens with zero attached hydrogens (tertiary/aromatic N) is 3. The van der Waals surface area contributed by atoms with Crippen LogP contribution in [0.5, 0.6) is 0 Å². The van der Waals surface area contributed by atoms with Crippen LogP contribution in [0.25, 0.3) is 5.69 Å². The molecule has 0 saturated carbocycles. The summed E-state index contributed by atoms with van der Waals surface area (Å²) in [4.78, 5) is 27.6. The lowest BCUT2D eigenvalue weighted by atomic mass is 9.92. The van der Waals surface area contributed by atoms with Crippen molar-refractivity contribution in [1.82, 2.24) is 14.7 Å². The molecule has 0 aliphatic carbocycles. The van der Waals surface area contributed by atoms with Crippen LogP contribution in [0.4, 0.5) is 16.3 Å². The lowest BCUT2D eigenvalue weighted by molar-refractivity contribution is -0.116. The molecule has 0 aliphatic rings. The molecule has 0 atom stereocenters. The zero-order valence-electron chi connectivity index (χ0n) is 20.7. The van der Waals surface area contributed by atoms with Crippen LogP contribution >= 0.6 is 39.1 Å². The fourth-order valence-corrected chi connectivity index (χ4v) is 3.90. The fraction of sp³-hybridized carbons (Fsp3) is 0.346. The van der Waals surface area contributed by atoms with Crippen molar-refractivity contribution < 1.29 is 9.59 Å². The Bertz CT molecular complexity index is 1220. The van der Waals surface area contributed by atoms with Crippen LogP contribution in [-0.2, 0) is 10.2 Å². The minimum atomic E-state index is -0.339. The summed E-state index contributed by atoms with van der Waals surface area (Å²) < 4.78 is 2.54. The Labute approximate surface area is 230 Å². The summed E-state index contributed by atoms with van der Waals surface area (Å²) >= 11 is 15.7. The summed E-state index contributed by atoms with van der Waals surface area (Å²) in [7, 11) is 0. The first-order valence-electron chi connectivity index (χ1n) is 11.6. The van der Waals surface area contributed by atoms with E-state index in [9.17, 15) is 9.59 Å². The maximum atomic E-state index is 13.1. The number of urea groups is 1. The molecule has 0 saturated heterocycles. The van der Waals surface area contributed by atoms with Crippen LogP contribution in [0.1, 0.15) is 46.2 Å². The van der Waals surface area contributed by atoms with Gasteiger partial charge in [-0.1, -0.05) is 73.2 Å². The van der Waals surface area contributed by atoms with E-state index in [1.54, 1.807) is 35.0 Å². The molecule has 7 nitrogen and oxygen atoms in total. The normalized spacial score (nSPS) is 11.3. The molecule has 10 heteroatoms. The SMILES string of the molecule is CCCCN(CC(=O)Nc1cc(C(C)(C)C)nn1-c1ccc(Cl)c(Cl)c1)C(=O)Nc1ccc(Br)cc1. The first kappa shape index (κ1) is 28.0. The third kappa shape index (κ3) is 7.48. The van der Waals surface area contributed by atoms with Gasteiger partial charge in [-0.3, -0.25) is 4.79 Å². The second-order valence-electron chi connectivity index (χ2n) is 9.44. The van der Waals surface area contributed by atoms with Crippen molar-refractivity contribution in [1.29, 1.82) is 0 Å². The van der Waals surface area contributed by atoms with E-state index in [1.807, 2.05) is 45.9 Å². The van der Waals surface area contributed by atoms with Gasteiger partial charge in [-0.15, -0.1) is 0 Å². The van der Waals surface area contributed by atoms with Crippen LogP contribution in [-0.4, -0.2) is 39.7 Å². The summed E-state index contributed by atoms with van der Waals surface area (Å²) in [5, 5.41) is 11.3. The molecule has 0 spiro atoms. The van der Waals surface area contributed by atoms with Crippen molar-refractivity contribution in [2.75, 3.05) is 23.7 Å². The summed E-state index contributed by atoms with van der Waals surface area (Å²) in [5.41, 5.74) is 1.85. The second kappa shape index (κ2) is 12.1. The second-order valence-corrected chi connectivity index (χ2v) is 11.2. The molecular formula is C26H30BrCl2N5O2. The third-order valence-corrected chi connectivity index (χ3v) is 6.66.